The van der Waals surface area contributed by atoms with Crippen molar-refractivity contribution in [3.05, 3.63) is 45.0 Å². The molecule has 1 aliphatic carbocycles. The van der Waals surface area contributed by atoms with Crippen molar-refractivity contribution in [3.8, 4) is 0 Å². The molecule has 0 aromatic carbocycles. The average Bonchev–Trinajstić information content (AvgIpc) is 2.79. The lowest BCUT2D eigenvalue weighted by Crippen LogP contribution is -1.98. The monoisotopic (exact) mass is 282 g/mol. The molecule has 18 heavy (non-hydrogen) atoms. The van der Waals surface area contributed by atoms with Gasteiger partial charge < -0.3 is 9.52 Å². The normalized spacial score (nSPS) is 24.2. The molecule has 3 rings (SSSR count). The number of thiophene rings is 1. The number of hydrogen-bond acceptors (Lipinski definition) is 3. The van der Waals surface area contributed by atoms with Crippen LogP contribution in [0.1, 0.15) is 41.8 Å². The number of hydrogen-bond donors (Lipinski definition) is 1. The minimum Gasteiger partial charge on any atom is -0.463 e. The van der Waals surface area contributed by atoms with Crippen LogP contribution in [-0.2, 0) is 6.42 Å². The quantitative estimate of drug-likeness (QED) is 0.902. The van der Waals surface area contributed by atoms with Gasteiger partial charge in [-0.1, -0.05) is 18.5 Å². The van der Waals surface area contributed by atoms with Crippen LogP contribution < -0.4 is 0 Å². The summed E-state index contributed by atoms with van der Waals surface area (Å²) in [5.41, 5.74) is 0. The predicted molar refractivity (Wildman–Crippen MR) is 73.2 cm³/mol. The van der Waals surface area contributed by atoms with Crippen LogP contribution >= 0.6 is 22.9 Å². The van der Waals surface area contributed by atoms with Gasteiger partial charge in [0, 0.05) is 17.2 Å². The van der Waals surface area contributed by atoms with Crippen molar-refractivity contribution in [2.45, 2.75) is 31.8 Å². The number of aliphatic hydroxyl groups excluding tert-OH is 1. The van der Waals surface area contributed by atoms with E-state index >= 15 is 0 Å². The summed E-state index contributed by atoms with van der Waals surface area (Å²) in [4.78, 5) is 1.07. The van der Waals surface area contributed by atoms with Crippen LogP contribution in [0.4, 0.5) is 0 Å². The molecule has 96 valence electrons. The van der Waals surface area contributed by atoms with Gasteiger partial charge in [-0.25, -0.2) is 0 Å². The lowest BCUT2D eigenvalue weighted by molar-refractivity contribution is 0.149. The molecular weight excluding hydrogens is 268 g/mol. The average molecular weight is 283 g/mol. The summed E-state index contributed by atoms with van der Waals surface area (Å²) < 4.78 is 6.49. The zero-order valence-electron chi connectivity index (χ0n) is 10.1. The standard InChI is InChI=1S/C14H15ClO2S/c1-8-6-10(8)12-3-4-13(17-12)11(16)7-9-2-5-14(15)18-9/h2-5,8,10-11,16H,6-7H2,1H3. The van der Waals surface area contributed by atoms with Crippen LogP contribution in [-0.4, -0.2) is 5.11 Å². The molecule has 2 nitrogen and oxygen atoms in total. The summed E-state index contributed by atoms with van der Waals surface area (Å²) in [5, 5.41) is 10.1. The third-order valence-corrected chi connectivity index (χ3v) is 4.73. The zero-order valence-corrected chi connectivity index (χ0v) is 11.7. The fraction of sp³-hybridized carbons (Fsp3) is 0.429. The Kier molecular flexibility index (Phi) is 3.22. The van der Waals surface area contributed by atoms with E-state index in [1.54, 1.807) is 0 Å². The minimum atomic E-state index is -0.581. The highest BCUT2D eigenvalue weighted by Gasteiger charge is 2.36. The molecule has 2 aromatic rings. The van der Waals surface area contributed by atoms with Crippen molar-refractivity contribution in [2.24, 2.45) is 5.92 Å². The maximum atomic E-state index is 10.1. The summed E-state index contributed by atoms with van der Waals surface area (Å²) in [6, 6.07) is 7.69. The first-order valence-electron chi connectivity index (χ1n) is 6.15. The molecule has 0 spiro atoms. The highest BCUT2D eigenvalue weighted by molar-refractivity contribution is 7.16. The molecule has 3 unspecified atom stereocenters. The van der Waals surface area contributed by atoms with Crippen molar-refractivity contribution in [3.63, 3.8) is 0 Å². The summed E-state index contributed by atoms with van der Waals surface area (Å²) in [7, 11) is 0. The van der Waals surface area contributed by atoms with Gasteiger partial charge in [-0.15, -0.1) is 11.3 Å². The maximum absolute atomic E-state index is 10.1. The molecule has 2 heterocycles. The third kappa shape index (κ3) is 2.48. The predicted octanol–water partition coefficient (Wildman–Crippen LogP) is 4.39. The molecule has 1 N–H and O–H groups in total. The van der Waals surface area contributed by atoms with Crippen LogP contribution in [0.5, 0.6) is 0 Å². The van der Waals surface area contributed by atoms with E-state index in [1.165, 1.54) is 17.8 Å². The van der Waals surface area contributed by atoms with E-state index in [4.69, 9.17) is 16.0 Å². The summed E-state index contributed by atoms with van der Waals surface area (Å²) in [5.74, 6) is 2.95. The summed E-state index contributed by atoms with van der Waals surface area (Å²) >= 11 is 7.37. The number of furan rings is 1. The smallest absolute Gasteiger partial charge is 0.133 e. The molecule has 0 bridgehead atoms. The van der Waals surface area contributed by atoms with Crippen molar-refractivity contribution < 1.29 is 9.52 Å². The Morgan fingerprint density at radius 2 is 2.22 bits per heavy atom. The van der Waals surface area contributed by atoms with Crippen LogP contribution in [0.3, 0.4) is 0 Å². The van der Waals surface area contributed by atoms with E-state index in [0.717, 1.165) is 20.9 Å². The van der Waals surface area contributed by atoms with Crippen molar-refractivity contribution in [2.75, 3.05) is 0 Å². The van der Waals surface area contributed by atoms with Gasteiger partial charge in [0.15, 0.2) is 0 Å². The van der Waals surface area contributed by atoms with Crippen LogP contribution in [0, 0.1) is 5.92 Å². The number of rotatable bonds is 4. The van der Waals surface area contributed by atoms with Gasteiger partial charge in [-0.3, -0.25) is 0 Å². The lowest BCUT2D eigenvalue weighted by Gasteiger charge is -2.05. The first kappa shape index (κ1) is 12.3. The number of halogens is 1. The Morgan fingerprint density at radius 1 is 1.44 bits per heavy atom. The van der Waals surface area contributed by atoms with E-state index < -0.39 is 6.10 Å². The molecule has 0 aliphatic heterocycles. The second-order valence-electron chi connectivity index (χ2n) is 4.99. The van der Waals surface area contributed by atoms with Gasteiger partial charge in [0.1, 0.15) is 17.6 Å². The molecule has 1 fully saturated rings. The molecule has 0 radical (unpaired) electrons. The van der Waals surface area contributed by atoms with Gasteiger partial charge in [-0.05, 0) is 36.6 Å². The SMILES string of the molecule is CC1CC1c1ccc(C(O)Cc2ccc(Cl)s2)o1. The highest BCUT2D eigenvalue weighted by atomic mass is 35.5. The fourth-order valence-electron chi connectivity index (χ4n) is 2.22. The van der Waals surface area contributed by atoms with Crippen molar-refractivity contribution in [1.29, 1.82) is 0 Å². The van der Waals surface area contributed by atoms with Crippen LogP contribution in [0.15, 0.2) is 28.7 Å². The minimum absolute atomic E-state index is 0.558. The summed E-state index contributed by atoms with van der Waals surface area (Å²) in [6.07, 6.45) is 1.18. The zero-order chi connectivity index (χ0) is 12.7. The first-order valence-corrected chi connectivity index (χ1v) is 7.35. The number of aliphatic hydroxyl groups is 1. The Morgan fingerprint density at radius 3 is 2.83 bits per heavy atom. The molecule has 1 aliphatic rings. The van der Waals surface area contributed by atoms with E-state index in [9.17, 15) is 5.11 Å². The molecular formula is C14H15ClO2S. The maximum Gasteiger partial charge on any atom is 0.133 e. The molecule has 0 amide bonds. The molecule has 0 saturated heterocycles. The summed E-state index contributed by atoms with van der Waals surface area (Å²) in [6.45, 7) is 2.22. The molecule has 3 atom stereocenters. The second kappa shape index (κ2) is 4.72. The largest absolute Gasteiger partial charge is 0.463 e. The lowest BCUT2D eigenvalue weighted by atomic mass is 10.2. The topological polar surface area (TPSA) is 33.4 Å². The molecule has 1 saturated carbocycles. The Labute approximate surface area is 115 Å². The van der Waals surface area contributed by atoms with E-state index in [-0.39, 0.29) is 0 Å². The van der Waals surface area contributed by atoms with Gasteiger partial charge in [0.05, 0.1) is 4.34 Å². The Bertz CT molecular complexity index is 545. The van der Waals surface area contributed by atoms with Gasteiger partial charge in [0.2, 0.25) is 0 Å². The van der Waals surface area contributed by atoms with Crippen molar-refractivity contribution in [1.82, 2.24) is 0 Å². The highest BCUT2D eigenvalue weighted by Crippen LogP contribution is 2.47. The first-order chi connectivity index (χ1) is 8.63. The van der Waals surface area contributed by atoms with Gasteiger partial charge >= 0.3 is 0 Å². The van der Waals surface area contributed by atoms with Crippen LogP contribution in [0.2, 0.25) is 4.34 Å². The molecule has 4 heteroatoms. The fourth-order valence-corrected chi connectivity index (χ4v) is 3.34. The van der Waals surface area contributed by atoms with Gasteiger partial charge in [0.25, 0.3) is 0 Å². The van der Waals surface area contributed by atoms with Crippen LogP contribution in [0.25, 0.3) is 0 Å². The van der Waals surface area contributed by atoms with E-state index in [1.807, 2.05) is 24.3 Å². The Hall–Kier alpha value is -0.770. The van der Waals surface area contributed by atoms with Gasteiger partial charge in [-0.2, -0.15) is 0 Å². The molecule has 2 aromatic heterocycles. The Balaban J connectivity index is 1.68. The second-order valence-corrected chi connectivity index (χ2v) is 6.78. The van der Waals surface area contributed by atoms with E-state index in [2.05, 4.69) is 6.92 Å². The third-order valence-electron chi connectivity index (χ3n) is 3.47. The van der Waals surface area contributed by atoms with Crippen molar-refractivity contribution >= 4 is 22.9 Å². The van der Waals surface area contributed by atoms with E-state index in [0.29, 0.717) is 18.1 Å².